The van der Waals surface area contributed by atoms with Gasteiger partial charge in [0, 0.05) is 30.0 Å². The van der Waals surface area contributed by atoms with Crippen LogP contribution < -0.4 is 0 Å². The van der Waals surface area contributed by atoms with Crippen LogP contribution in [0.3, 0.4) is 0 Å². The normalized spacial score (nSPS) is 15.6. The van der Waals surface area contributed by atoms with Gasteiger partial charge in [-0.15, -0.1) is 0 Å². The van der Waals surface area contributed by atoms with Crippen molar-refractivity contribution in [3.63, 3.8) is 0 Å². The van der Waals surface area contributed by atoms with Crippen molar-refractivity contribution in [2.75, 3.05) is 19.1 Å². The van der Waals surface area contributed by atoms with E-state index in [1.807, 2.05) is 20.8 Å². The molecule has 0 N–H and O–H groups in total. The molecule has 1 saturated heterocycles. The minimum absolute atomic E-state index is 0.137. The first kappa shape index (κ1) is 21.7. The fourth-order valence-electron chi connectivity index (χ4n) is 3.23. The molecule has 1 fully saturated rings. The lowest BCUT2D eigenvalue weighted by Gasteiger charge is -2.33. The van der Waals surface area contributed by atoms with E-state index < -0.39 is 11.6 Å². The molecule has 0 spiro atoms. The summed E-state index contributed by atoms with van der Waals surface area (Å²) in [6.07, 6.45) is 4.08. The minimum atomic E-state index is -0.461. The fourth-order valence-corrected chi connectivity index (χ4v) is 3.68. The number of ether oxygens (including phenoxy) is 1. The maximum atomic E-state index is 12.3. The van der Waals surface area contributed by atoms with Crippen LogP contribution in [0.15, 0.2) is 29.2 Å². The Morgan fingerprint density at radius 3 is 2.37 bits per heavy atom. The fraction of sp³-hybridized carbons (Fsp3) is 0.619. The second kappa shape index (κ2) is 10.1. The van der Waals surface area contributed by atoms with Crippen LogP contribution in [0.2, 0.25) is 0 Å². The van der Waals surface area contributed by atoms with Crippen molar-refractivity contribution in [1.29, 1.82) is 0 Å². The zero-order valence-corrected chi connectivity index (χ0v) is 17.3. The predicted molar refractivity (Wildman–Crippen MR) is 107 cm³/mol. The molecule has 1 heterocycles. The smallest absolute Gasteiger partial charge is 0.410 e. The van der Waals surface area contributed by atoms with Crippen molar-refractivity contribution in [2.45, 2.75) is 63.4 Å². The summed E-state index contributed by atoms with van der Waals surface area (Å²) in [5.41, 5.74) is 0.231. The van der Waals surface area contributed by atoms with E-state index >= 15 is 0 Å². The zero-order chi connectivity index (χ0) is 19.9. The number of hydrogen-bond donors (Lipinski definition) is 0. The molecular weight excluding hydrogens is 365 g/mol. The first-order chi connectivity index (χ1) is 12.8. The second-order valence-corrected chi connectivity index (χ2v) is 8.98. The zero-order valence-electron chi connectivity index (χ0n) is 16.5. The Morgan fingerprint density at radius 1 is 1.19 bits per heavy atom. The molecule has 1 amide bonds. The topological polar surface area (TPSA) is 46.6 Å². The van der Waals surface area contributed by atoms with E-state index in [9.17, 15) is 14.0 Å². The number of piperidine rings is 1. The Bertz CT molecular complexity index is 619. The van der Waals surface area contributed by atoms with E-state index in [2.05, 4.69) is 0 Å². The number of benzene rings is 1. The van der Waals surface area contributed by atoms with Gasteiger partial charge in [0.25, 0.3) is 0 Å². The quantitative estimate of drug-likeness (QED) is 0.438. The van der Waals surface area contributed by atoms with E-state index in [-0.39, 0.29) is 11.9 Å². The van der Waals surface area contributed by atoms with Crippen molar-refractivity contribution in [3.8, 4) is 0 Å². The molecule has 0 atom stereocenters. The van der Waals surface area contributed by atoms with Crippen LogP contribution in [0.5, 0.6) is 0 Å². The van der Waals surface area contributed by atoms with Crippen molar-refractivity contribution in [3.05, 3.63) is 29.8 Å². The van der Waals surface area contributed by atoms with Crippen molar-refractivity contribution < 1.29 is 18.7 Å². The summed E-state index contributed by atoms with van der Waals surface area (Å²) in [5.74, 6) is 0.692. The van der Waals surface area contributed by atoms with Gasteiger partial charge in [-0.2, -0.15) is 0 Å². The standard InChI is InChI=1S/C21H30FNO3S/c1-21(2,3)26-20(25)23-13-11-16(12-14-23)5-4-6-19(24)17-7-9-18(10-8-17)27-15-22/h7-10,16H,4-6,11-15H2,1-3H3. The number of alkyl halides is 1. The monoisotopic (exact) mass is 395 g/mol. The number of hydrogen-bond acceptors (Lipinski definition) is 4. The Balaban J connectivity index is 1.68. The van der Waals surface area contributed by atoms with Crippen LogP contribution in [-0.4, -0.2) is 41.5 Å². The maximum absolute atomic E-state index is 12.3. The van der Waals surface area contributed by atoms with Gasteiger partial charge in [0.1, 0.15) is 11.6 Å². The molecule has 1 aromatic rings. The lowest BCUT2D eigenvalue weighted by Crippen LogP contribution is -2.41. The van der Waals surface area contributed by atoms with Crippen LogP contribution in [0.25, 0.3) is 0 Å². The molecule has 0 saturated carbocycles. The van der Waals surface area contributed by atoms with Gasteiger partial charge >= 0.3 is 6.09 Å². The van der Waals surface area contributed by atoms with Gasteiger partial charge in [-0.3, -0.25) is 4.79 Å². The SMILES string of the molecule is CC(C)(C)OC(=O)N1CCC(CCCC(=O)c2ccc(SCF)cc2)CC1. The molecule has 27 heavy (non-hydrogen) atoms. The van der Waals surface area contributed by atoms with E-state index in [1.165, 1.54) is 0 Å². The highest BCUT2D eigenvalue weighted by atomic mass is 32.2. The van der Waals surface area contributed by atoms with Crippen LogP contribution in [0, 0.1) is 5.92 Å². The molecule has 150 valence electrons. The summed E-state index contributed by atoms with van der Waals surface area (Å²) >= 11 is 1.12. The first-order valence-corrected chi connectivity index (χ1v) is 10.6. The Labute approximate surface area is 165 Å². The molecule has 1 aliphatic heterocycles. The van der Waals surface area contributed by atoms with E-state index in [0.29, 0.717) is 17.9 Å². The third-order valence-corrected chi connectivity index (χ3v) is 5.39. The van der Waals surface area contributed by atoms with Gasteiger partial charge in [0.05, 0.1) is 0 Å². The van der Waals surface area contributed by atoms with Crippen molar-refractivity contribution in [2.24, 2.45) is 5.92 Å². The number of likely N-dealkylation sites (tertiary alicyclic amines) is 1. The molecule has 2 rings (SSSR count). The van der Waals surface area contributed by atoms with Gasteiger partial charge in [-0.05, 0) is 64.5 Å². The number of amides is 1. The van der Waals surface area contributed by atoms with E-state index in [4.69, 9.17) is 4.74 Å². The highest BCUT2D eigenvalue weighted by Crippen LogP contribution is 2.25. The number of halogens is 1. The Hall–Kier alpha value is -1.56. The van der Waals surface area contributed by atoms with Gasteiger partial charge < -0.3 is 9.64 Å². The molecule has 0 aliphatic carbocycles. The number of ketones is 1. The van der Waals surface area contributed by atoms with Crippen LogP contribution in [0.1, 0.15) is 63.2 Å². The summed E-state index contributed by atoms with van der Waals surface area (Å²) in [5, 5.41) is 0. The number of nitrogens with zero attached hydrogens (tertiary/aromatic N) is 1. The molecular formula is C21H30FNO3S. The van der Waals surface area contributed by atoms with Crippen LogP contribution in [-0.2, 0) is 4.74 Å². The summed E-state index contributed by atoms with van der Waals surface area (Å²) in [6, 6.07) is 6.69. The van der Waals surface area contributed by atoms with Crippen LogP contribution in [0.4, 0.5) is 9.18 Å². The molecule has 1 aromatic carbocycles. The number of Topliss-reactive ketones (excluding diaryl/α,β-unsaturated/α-hetero) is 1. The lowest BCUT2D eigenvalue weighted by molar-refractivity contribution is 0.0181. The molecule has 0 unspecified atom stereocenters. The summed E-state index contributed by atoms with van der Waals surface area (Å²) in [4.78, 5) is 27.0. The molecule has 1 aliphatic rings. The van der Waals surface area contributed by atoms with Gasteiger partial charge in [-0.1, -0.05) is 23.9 Å². The molecule has 0 radical (unpaired) electrons. The number of carbonyl (C=O) groups excluding carboxylic acids is 2. The third-order valence-electron chi connectivity index (χ3n) is 4.68. The summed E-state index contributed by atoms with van der Waals surface area (Å²) < 4.78 is 17.7. The Kier molecular flexibility index (Phi) is 8.14. The number of thioether (sulfide) groups is 1. The van der Waals surface area contributed by atoms with Gasteiger partial charge in [-0.25, -0.2) is 9.18 Å². The van der Waals surface area contributed by atoms with Gasteiger partial charge in [0.2, 0.25) is 0 Å². The van der Waals surface area contributed by atoms with Crippen molar-refractivity contribution in [1.82, 2.24) is 4.90 Å². The highest BCUT2D eigenvalue weighted by molar-refractivity contribution is 7.99. The molecule has 0 aromatic heterocycles. The Morgan fingerprint density at radius 2 is 1.81 bits per heavy atom. The average Bonchev–Trinajstić information content (AvgIpc) is 2.61. The van der Waals surface area contributed by atoms with Crippen LogP contribution >= 0.6 is 11.8 Å². The van der Waals surface area contributed by atoms with E-state index in [1.54, 1.807) is 29.2 Å². The molecule has 4 nitrogen and oxygen atoms in total. The molecule has 0 bridgehead atoms. The summed E-state index contributed by atoms with van der Waals surface area (Å²) in [7, 11) is 0. The highest BCUT2D eigenvalue weighted by Gasteiger charge is 2.26. The summed E-state index contributed by atoms with van der Waals surface area (Å²) in [6.45, 7) is 7.08. The van der Waals surface area contributed by atoms with E-state index in [0.717, 1.165) is 55.4 Å². The second-order valence-electron chi connectivity index (χ2n) is 8.00. The van der Waals surface area contributed by atoms with Gasteiger partial charge in [0.15, 0.2) is 5.78 Å². The first-order valence-electron chi connectivity index (χ1n) is 9.58. The number of carbonyl (C=O) groups is 2. The average molecular weight is 396 g/mol. The maximum Gasteiger partial charge on any atom is 0.410 e. The third kappa shape index (κ3) is 7.53. The van der Waals surface area contributed by atoms with Crippen molar-refractivity contribution >= 4 is 23.6 Å². The minimum Gasteiger partial charge on any atom is -0.444 e. The largest absolute Gasteiger partial charge is 0.444 e. The predicted octanol–water partition coefficient (Wildman–Crippen LogP) is 5.71. The number of rotatable bonds is 7. The lowest BCUT2D eigenvalue weighted by atomic mass is 9.91. The molecule has 6 heteroatoms.